The van der Waals surface area contributed by atoms with Crippen LogP contribution in [0.4, 0.5) is 0 Å². The minimum atomic E-state index is -0.101. The van der Waals surface area contributed by atoms with Gasteiger partial charge in [0.15, 0.2) is 0 Å². The van der Waals surface area contributed by atoms with Gasteiger partial charge in [0.05, 0.1) is 17.3 Å². The Morgan fingerprint density at radius 1 is 1.29 bits per heavy atom. The van der Waals surface area contributed by atoms with Crippen LogP contribution in [-0.2, 0) is 0 Å². The second-order valence-corrected chi connectivity index (χ2v) is 5.93. The van der Waals surface area contributed by atoms with Gasteiger partial charge in [-0.05, 0) is 46.9 Å². The van der Waals surface area contributed by atoms with Crippen LogP contribution in [0.2, 0.25) is 0 Å². The van der Waals surface area contributed by atoms with Crippen LogP contribution in [0.5, 0.6) is 0 Å². The number of benzene rings is 2. The minimum absolute atomic E-state index is 0.101. The van der Waals surface area contributed by atoms with E-state index < -0.39 is 0 Å². The lowest BCUT2D eigenvalue weighted by molar-refractivity contribution is 0.0960. The van der Waals surface area contributed by atoms with Crippen molar-refractivity contribution in [1.29, 1.82) is 0 Å². The summed E-state index contributed by atoms with van der Waals surface area (Å²) in [6.45, 7) is 0. The second kappa shape index (κ2) is 7.46. The molecule has 6 heteroatoms. The van der Waals surface area contributed by atoms with Crippen molar-refractivity contribution in [3.05, 3.63) is 57.8 Å². The molecule has 1 amide bonds. The van der Waals surface area contributed by atoms with Crippen LogP contribution < -0.4 is 5.32 Å². The van der Waals surface area contributed by atoms with E-state index in [9.17, 15) is 4.79 Å². The summed E-state index contributed by atoms with van der Waals surface area (Å²) in [6, 6.07) is 13.4. The van der Waals surface area contributed by atoms with Gasteiger partial charge in [0.25, 0.3) is 5.91 Å². The Morgan fingerprint density at radius 3 is 2.76 bits per heavy atom. The molecule has 3 rings (SSSR count). The molecule has 4 nitrogen and oxygen atoms in total. The number of carbonyl (C=O) groups is 1. The standard InChI is InChI=1S/C8H9NOS.C7H5IN2/c1-9-8(10)6-4-2-3-5-7(6)11;8-6-2-1-5-4-9-10-7(5)3-6/h2-5,11H,1H3,(H,9,10);1-4H,(H,9,10). The third-order valence-electron chi connectivity index (χ3n) is 2.78. The predicted octanol–water partition coefficient (Wildman–Crippen LogP) is 3.50. The van der Waals surface area contributed by atoms with Gasteiger partial charge in [-0.25, -0.2) is 0 Å². The lowest BCUT2D eigenvalue weighted by Gasteiger charge is -2.01. The van der Waals surface area contributed by atoms with Gasteiger partial charge >= 0.3 is 0 Å². The summed E-state index contributed by atoms with van der Waals surface area (Å²) in [4.78, 5) is 11.8. The lowest BCUT2D eigenvalue weighted by Crippen LogP contribution is -2.18. The first-order valence-corrected chi connectivity index (χ1v) is 7.73. The number of hydrogen-bond donors (Lipinski definition) is 3. The fraction of sp³-hybridized carbons (Fsp3) is 0.0667. The summed E-state index contributed by atoms with van der Waals surface area (Å²) in [6.07, 6.45) is 1.82. The molecule has 1 aromatic heterocycles. The van der Waals surface area contributed by atoms with Crippen molar-refractivity contribution < 1.29 is 4.79 Å². The van der Waals surface area contributed by atoms with Gasteiger partial charge in [-0.15, -0.1) is 12.6 Å². The molecule has 0 spiro atoms. The average molecular weight is 411 g/mol. The third-order valence-corrected chi connectivity index (χ3v) is 3.84. The molecule has 1 heterocycles. The van der Waals surface area contributed by atoms with Crippen LogP contribution in [0.3, 0.4) is 0 Å². The third kappa shape index (κ3) is 4.21. The lowest BCUT2D eigenvalue weighted by atomic mass is 10.2. The van der Waals surface area contributed by atoms with Crippen molar-refractivity contribution >= 4 is 52.0 Å². The molecule has 0 aliphatic carbocycles. The van der Waals surface area contributed by atoms with Gasteiger partial charge in [-0.2, -0.15) is 5.10 Å². The Labute approximate surface area is 141 Å². The quantitative estimate of drug-likeness (QED) is 0.424. The van der Waals surface area contributed by atoms with Gasteiger partial charge in [0.1, 0.15) is 0 Å². The molecule has 0 radical (unpaired) electrons. The average Bonchev–Trinajstić information content (AvgIpc) is 2.95. The van der Waals surface area contributed by atoms with E-state index in [-0.39, 0.29) is 5.91 Å². The molecule has 0 unspecified atom stereocenters. The van der Waals surface area contributed by atoms with Crippen molar-refractivity contribution in [2.75, 3.05) is 7.05 Å². The first-order chi connectivity index (χ1) is 10.1. The fourth-order valence-electron chi connectivity index (χ4n) is 1.71. The van der Waals surface area contributed by atoms with Crippen LogP contribution in [0.25, 0.3) is 10.9 Å². The molecule has 2 aromatic carbocycles. The Kier molecular flexibility index (Phi) is 5.63. The van der Waals surface area contributed by atoms with Crippen molar-refractivity contribution in [3.63, 3.8) is 0 Å². The highest BCUT2D eigenvalue weighted by Gasteiger charge is 2.04. The Hall–Kier alpha value is -1.54. The molecule has 108 valence electrons. The van der Waals surface area contributed by atoms with Crippen molar-refractivity contribution in [1.82, 2.24) is 15.5 Å². The molecular formula is C15H14IN3OS. The number of aromatic amines is 1. The zero-order valence-corrected chi connectivity index (χ0v) is 14.4. The molecule has 0 bridgehead atoms. The number of H-pyrrole nitrogens is 1. The van der Waals surface area contributed by atoms with E-state index in [1.165, 1.54) is 8.96 Å². The topological polar surface area (TPSA) is 57.8 Å². The number of aromatic nitrogens is 2. The molecule has 0 saturated heterocycles. The van der Waals surface area contributed by atoms with Crippen molar-refractivity contribution in [2.45, 2.75) is 4.90 Å². The number of rotatable bonds is 1. The summed E-state index contributed by atoms with van der Waals surface area (Å²) in [5.41, 5.74) is 1.71. The van der Waals surface area contributed by atoms with Gasteiger partial charge < -0.3 is 5.32 Å². The van der Waals surface area contributed by atoms with E-state index in [0.29, 0.717) is 10.5 Å². The summed E-state index contributed by atoms with van der Waals surface area (Å²) < 4.78 is 1.23. The van der Waals surface area contributed by atoms with Gasteiger partial charge in [-0.1, -0.05) is 18.2 Å². The normalized spacial score (nSPS) is 9.86. The molecule has 0 aliphatic rings. The van der Waals surface area contributed by atoms with E-state index >= 15 is 0 Å². The van der Waals surface area contributed by atoms with Crippen molar-refractivity contribution in [3.8, 4) is 0 Å². The van der Waals surface area contributed by atoms with Crippen molar-refractivity contribution in [2.24, 2.45) is 0 Å². The fourth-order valence-corrected chi connectivity index (χ4v) is 2.46. The Bertz CT molecular complexity index is 757. The zero-order valence-electron chi connectivity index (χ0n) is 11.3. The summed E-state index contributed by atoms with van der Waals surface area (Å²) in [5.74, 6) is -0.101. The minimum Gasteiger partial charge on any atom is -0.355 e. The number of halogens is 1. The van der Waals surface area contributed by atoms with E-state index in [4.69, 9.17) is 0 Å². The Balaban J connectivity index is 0.000000154. The largest absolute Gasteiger partial charge is 0.355 e. The number of nitrogens with one attached hydrogen (secondary N) is 2. The molecular weight excluding hydrogens is 397 g/mol. The highest BCUT2D eigenvalue weighted by atomic mass is 127. The number of hydrogen-bond acceptors (Lipinski definition) is 3. The number of carbonyl (C=O) groups excluding carboxylic acids is 1. The van der Waals surface area contributed by atoms with Crippen LogP contribution >= 0.6 is 35.2 Å². The van der Waals surface area contributed by atoms with Gasteiger partial charge in [0.2, 0.25) is 0 Å². The molecule has 3 aromatic rings. The molecule has 2 N–H and O–H groups in total. The van der Waals surface area contributed by atoms with Crippen LogP contribution in [0.15, 0.2) is 53.6 Å². The van der Waals surface area contributed by atoms with E-state index in [0.717, 1.165) is 5.52 Å². The van der Waals surface area contributed by atoms with E-state index in [1.54, 1.807) is 19.2 Å². The SMILES string of the molecule is CNC(=O)c1ccccc1S.Ic1ccc2cn[nH]c2c1. The van der Waals surface area contributed by atoms with Crippen LogP contribution in [-0.4, -0.2) is 23.2 Å². The highest BCUT2D eigenvalue weighted by molar-refractivity contribution is 14.1. The van der Waals surface area contributed by atoms with E-state index in [1.807, 2.05) is 18.3 Å². The molecule has 21 heavy (non-hydrogen) atoms. The zero-order chi connectivity index (χ0) is 15.2. The number of nitrogens with zero attached hydrogens (tertiary/aromatic N) is 1. The van der Waals surface area contributed by atoms with E-state index in [2.05, 4.69) is 68.9 Å². The smallest absolute Gasteiger partial charge is 0.252 e. The van der Waals surface area contributed by atoms with Crippen LogP contribution in [0, 0.1) is 3.57 Å². The first kappa shape index (κ1) is 15.8. The highest BCUT2D eigenvalue weighted by Crippen LogP contribution is 2.13. The second-order valence-electron chi connectivity index (χ2n) is 4.20. The van der Waals surface area contributed by atoms with Gasteiger partial charge in [0, 0.05) is 20.9 Å². The number of amides is 1. The Morgan fingerprint density at radius 2 is 2.05 bits per heavy atom. The number of thiol groups is 1. The first-order valence-electron chi connectivity index (χ1n) is 6.20. The molecule has 0 saturated carbocycles. The molecule has 0 atom stereocenters. The van der Waals surface area contributed by atoms with Gasteiger partial charge in [-0.3, -0.25) is 9.89 Å². The van der Waals surface area contributed by atoms with Crippen LogP contribution in [0.1, 0.15) is 10.4 Å². The monoisotopic (exact) mass is 411 g/mol. The maximum Gasteiger partial charge on any atom is 0.252 e. The molecule has 0 fully saturated rings. The summed E-state index contributed by atoms with van der Waals surface area (Å²) in [7, 11) is 1.60. The maximum absolute atomic E-state index is 11.1. The predicted molar refractivity (Wildman–Crippen MR) is 95.9 cm³/mol. The summed E-state index contributed by atoms with van der Waals surface area (Å²) in [5, 5.41) is 10.5. The maximum atomic E-state index is 11.1. The summed E-state index contributed by atoms with van der Waals surface area (Å²) >= 11 is 6.41. The molecule has 0 aliphatic heterocycles. The number of fused-ring (bicyclic) bond motifs is 1.